The average molecular weight is 1740 g/mol. The number of pyridine rings is 3. The Labute approximate surface area is 727 Å². The molecule has 577 valence electrons. The summed E-state index contributed by atoms with van der Waals surface area (Å²) in [6.45, 7) is 0. The SMILES string of the molecule is [Ir].[c-]1ccccc1-c1ccccn1.c1ccc(-c2cc(-c3ccc(-c4c5ccccc5c(-c5ccc6ccccc6c5)c5ccccc45)cc3)nc3cc4ccccc4cc23)cc1.c1ccc(-c2cc(-c3ccc(-c4ccc5c(-c6ccc7ccccc7c6)c6ccccc6c(-c6ccc7ccccc7c6)c5c4)cc3)nc3cc4ccccc4cc23)cc1. The molecular formula is C119H76IrN3-. The van der Waals surface area contributed by atoms with Gasteiger partial charge in [-0.25, -0.2) is 9.97 Å². The van der Waals surface area contributed by atoms with E-state index in [1.54, 1.807) is 6.20 Å². The Balaban J connectivity index is 0.000000133. The molecule has 3 aromatic heterocycles. The van der Waals surface area contributed by atoms with Gasteiger partial charge in [0.15, 0.2) is 0 Å². The second-order valence-corrected chi connectivity index (χ2v) is 31.5. The predicted octanol–water partition coefficient (Wildman–Crippen LogP) is 32.4. The summed E-state index contributed by atoms with van der Waals surface area (Å²) in [7, 11) is 0. The minimum atomic E-state index is 0. The van der Waals surface area contributed by atoms with Gasteiger partial charge in [-0.15, -0.1) is 35.9 Å². The summed E-state index contributed by atoms with van der Waals surface area (Å²) in [5.41, 5.74) is 25.2. The van der Waals surface area contributed by atoms with Crippen LogP contribution in [0.2, 0.25) is 0 Å². The van der Waals surface area contributed by atoms with Crippen molar-refractivity contribution in [3.05, 3.63) is 467 Å². The Hall–Kier alpha value is -15.4. The van der Waals surface area contributed by atoms with Gasteiger partial charge in [-0.1, -0.05) is 364 Å². The van der Waals surface area contributed by atoms with Crippen molar-refractivity contribution in [2.45, 2.75) is 0 Å². The van der Waals surface area contributed by atoms with Crippen LogP contribution in [0.5, 0.6) is 0 Å². The molecule has 21 aromatic carbocycles. The van der Waals surface area contributed by atoms with Gasteiger partial charge in [0.05, 0.1) is 22.4 Å². The van der Waals surface area contributed by atoms with Gasteiger partial charge in [-0.3, -0.25) is 0 Å². The fourth-order valence-electron chi connectivity index (χ4n) is 18.3. The number of hydrogen-bond acceptors (Lipinski definition) is 3. The van der Waals surface area contributed by atoms with Gasteiger partial charge in [-0.2, -0.15) is 0 Å². The molecule has 0 aliphatic carbocycles. The molecule has 123 heavy (non-hydrogen) atoms. The molecule has 3 nitrogen and oxygen atoms in total. The molecule has 1 radical (unpaired) electrons. The third-order valence-corrected chi connectivity index (χ3v) is 24.2. The number of hydrogen-bond donors (Lipinski definition) is 0. The van der Waals surface area contributed by atoms with Crippen LogP contribution < -0.4 is 0 Å². The third-order valence-electron chi connectivity index (χ3n) is 24.2. The first-order valence-electron chi connectivity index (χ1n) is 41.7. The Morgan fingerprint density at radius 1 is 0.171 bits per heavy atom. The quantitative estimate of drug-likeness (QED) is 0.101. The van der Waals surface area contributed by atoms with Crippen molar-refractivity contribution >= 4 is 119 Å². The summed E-state index contributed by atoms with van der Waals surface area (Å²) in [6.07, 6.45) is 1.79. The Kier molecular flexibility index (Phi) is 20.0. The Bertz CT molecular complexity index is 8060. The summed E-state index contributed by atoms with van der Waals surface area (Å²) >= 11 is 0. The molecule has 0 atom stereocenters. The number of fused-ring (bicyclic) bond motifs is 11. The summed E-state index contributed by atoms with van der Waals surface area (Å²) in [4.78, 5) is 14.7. The van der Waals surface area contributed by atoms with Crippen molar-refractivity contribution in [1.29, 1.82) is 0 Å². The molecule has 24 aromatic rings. The second-order valence-electron chi connectivity index (χ2n) is 31.5. The van der Waals surface area contributed by atoms with Crippen LogP contribution >= 0.6 is 0 Å². The van der Waals surface area contributed by atoms with E-state index in [9.17, 15) is 0 Å². The molecule has 0 saturated heterocycles. The number of rotatable bonds is 10. The van der Waals surface area contributed by atoms with Crippen LogP contribution in [-0.4, -0.2) is 15.0 Å². The van der Waals surface area contributed by atoms with Gasteiger partial charge in [0.2, 0.25) is 0 Å². The van der Waals surface area contributed by atoms with E-state index in [0.29, 0.717) is 0 Å². The molecule has 24 rings (SSSR count). The average Bonchev–Trinajstić information content (AvgIpc) is 0.732. The molecule has 4 heteroatoms. The largest absolute Gasteiger partial charge is 0.305 e. The van der Waals surface area contributed by atoms with Gasteiger partial charge in [0, 0.05) is 48.2 Å². The standard InChI is InChI=1S/C59H37N.C49H31N.C11H8N.Ir/c1-2-14-41(15-3-1)53-37-56(60-57-36-46-19-9-8-18-45(46)34-54(53)57)42-26-22-40(23-27-42)47-30-31-52-55(35-47)59(49-29-25-39-13-5-7-17-44(39)33-49)51-21-11-10-20-50(51)58(52)48-28-24-38-12-4-6-16-43(38)32-48;1-2-13-33(14-3-1)44-31-46(50-47-30-38-17-7-6-16-37(38)29-45(44)47)34-23-25-35(26-24-34)48-40-18-8-10-20-42(40)49(43-21-11-9-19-41(43)48)39-27-22-32-12-4-5-15-36(32)28-39;1-2-6-10(7-3-1)11-8-4-5-9-12-11;/h1-37H;1-31H;1-6,8-9H;/q;;-1;. The first kappa shape index (κ1) is 75.1. The normalized spacial score (nSPS) is 11.3. The van der Waals surface area contributed by atoms with E-state index in [1.807, 2.05) is 42.5 Å². The topological polar surface area (TPSA) is 38.7 Å². The summed E-state index contributed by atoms with van der Waals surface area (Å²) in [5.74, 6) is 0. The molecule has 0 aliphatic heterocycles. The molecule has 0 spiro atoms. The number of aromatic nitrogens is 3. The zero-order chi connectivity index (χ0) is 80.8. The van der Waals surface area contributed by atoms with E-state index in [2.05, 4.69) is 424 Å². The van der Waals surface area contributed by atoms with Crippen LogP contribution in [0.1, 0.15) is 0 Å². The molecule has 0 amide bonds. The molecule has 0 bridgehead atoms. The maximum Gasteiger partial charge on any atom is 0.0722 e. The molecule has 0 fully saturated rings. The van der Waals surface area contributed by atoms with Crippen molar-refractivity contribution in [2.24, 2.45) is 0 Å². The fourth-order valence-corrected chi connectivity index (χ4v) is 18.3. The van der Waals surface area contributed by atoms with Crippen molar-refractivity contribution in [2.75, 3.05) is 0 Å². The molecular weight excluding hydrogens is 1660 g/mol. The van der Waals surface area contributed by atoms with E-state index in [0.717, 1.165) is 50.2 Å². The first-order chi connectivity index (χ1) is 60.5. The van der Waals surface area contributed by atoms with Crippen LogP contribution in [0.3, 0.4) is 0 Å². The third kappa shape index (κ3) is 14.4. The predicted molar refractivity (Wildman–Crippen MR) is 518 cm³/mol. The minimum absolute atomic E-state index is 0. The van der Waals surface area contributed by atoms with E-state index in [1.165, 1.54) is 180 Å². The minimum Gasteiger partial charge on any atom is -0.305 e. The van der Waals surface area contributed by atoms with Gasteiger partial charge >= 0.3 is 0 Å². The van der Waals surface area contributed by atoms with E-state index < -0.39 is 0 Å². The smallest absolute Gasteiger partial charge is 0.0722 e. The van der Waals surface area contributed by atoms with Crippen molar-refractivity contribution in [3.8, 4) is 112 Å². The number of benzene rings is 21. The van der Waals surface area contributed by atoms with Gasteiger partial charge in [-0.05, 0) is 247 Å². The van der Waals surface area contributed by atoms with Crippen molar-refractivity contribution < 1.29 is 20.1 Å². The van der Waals surface area contributed by atoms with Crippen LogP contribution in [0.4, 0.5) is 0 Å². The Morgan fingerprint density at radius 2 is 0.488 bits per heavy atom. The molecule has 0 unspecified atom stereocenters. The summed E-state index contributed by atoms with van der Waals surface area (Å²) < 4.78 is 0. The van der Waals surface area contributed by atoms with Crippen LogP contribution in [0.15, 0.2) is 461 Å². The fraction of sp³-hybridized carbons (Fsp3) is 0. The zero-order valence-electron chi connectivity index (χ0n) is 67.1. The van der Waals surface area contributed by atoms with E-state index in [-0.39, 0.29) is 20.1 Å². The van der Waals surface area contributed by atoms with Gasteiger partial charge < -0.3 is 4.98 Å². The monoisotopic (exact) mass is 1740 g/mol. The molecule has 3 heterocycles. The van der Waals surface area contributed by atoms with E-state index >= 15 is 0 Å². The van der Waals surface area contributed by atoms with Crippen molar-refractivity contribution in [3.63, 3.8) is 0 Å². The van der Waals surface area contributed by atoms with E-state index in [4.69, 9.17) is 9.97 Å². The zero-order valence-corrected chi connectivity index (χ0v) is 69.4. The summed E-state index contributed by atoms with van der Waals surface area (Å²) in [5, 5.41) is 24.7. The molecule has 0 saturated carbocycles. The maximum atomic E-state index is 5.28. The van der Waals surface area contributed by atoms with Crippen molar-refractivity contribution in [1.82, 2.24) is 15.0 Å². The van der Waals surface area contributed by atoms with Crippen LogP contribution in [-0.2, 0) is 20.1 Å². The maximum absolute atomic E-state index is 5.28. The second kappa shape index (κ2) is 32.7. The molecule has 0 N–H and O–H groups in total. The molecule has 0 aliphatic rings. The van der Waals surface area contributed by atoms with Gasteiger partial charge in [0.25, 0.3) is 0 Å². The van der Waals surface area contributed by atoms with Gasteiger partial charge in [0.1, 0.15) is 0 Å². The first-order valence-corrected chi connectivity index (χ1v) is 41.7. The number of nitrogens with zero attached hydrogens (tertiary/aromatic N) is 3. The van der Waals surface area contributed by atoms with Crippen LogP contribution in [0, 0.1) is 6.07 Å². The Morgan fingerprint density at radius 3 is 0.886 bits per heavy atom. The van der Waals surface area contributed by atoms with Crippen LogP contribution in [0.25, 0.3) is 230 Å². The summed E-state index contributed by atoms with van der Waals surface area (Å²) in [6, 6.07) is 167.